The number of pyridine rings is 1. The number of benzene rings is 1. The molecule has 1 saturated heterocycles. The van der Waals surface area contributed by atoms with Crippen molar-refractivity contribution >= 4 is 5.91 Å². The second kappa shape index (κ2) is 11.7. The van der Waals surface area contributed by atoms with Gasteiger partial charge in [-0.15, -0.1) is 0 Å². The molecular weight excluding hydrogens is 410 g/mol. The lowest BCUT2D eigenvalue weighted by molar-refractivity contribution is -0.132. The lowest BCUT2D eigenvalue weighted by Crippen LogP contribution is -2.40. The number of aryl methyl sites for hydroxylation is 2. The Morgan fingerprint density at radius 3 is 2.58 bits per heavy atom. The van der Waals surface area contributed by atoms with E-state index >= 15 is 0 Å². The van der Waals surface area contributed by atoms with E-state index in [-0.39, 0.29) is 5.91 Å². The first kappa shape index (κ1) is 23.1. The molecule has 3 heterocycles. The van der Waals surface area contributed by atoms with Gasteiger partial charge in [0.15, 0.2) is 0 Å². The Balaban J connectivity index is 1.33. The summed E-state index contributed by atoms with van der Waals surface area (Å²) < 4.78 is 0. The smallest absolute Gasteiger partial charge is 0.223 e. The molecular formula is C27H33N5O. The van der Waals surface area contributed by atoms with Gasteiger partial charge in [0.2, 0.25) is 5.91 Å². The number of nitrogens with zero attached hydrogens (tertiary/aromatic N) is 5. The van der Waals surface area contributed by atoms with E-state index in [1.807, 2.05) is 23.2 Å². The topological polar surface area (TPSA) is 62.2 Å². The Kier molecular flexibility index (Phi) is 8.14. The van der Waals surface area contributed by atoms with Gasteiger partial charge in [-0.1, -0.05) is 30.3 Å². The van der Waals surface area contributed by atoms with Gasteiger partial charge < -0.3 is 4.90 Å². The molecule has 4 rings (SSSR count). The van der Waals surface area contributed by atoms with Crippen molar-refractivity contribution in [2.45, 2.75) is 45.7 Å². The van der Waals surface area contributed by atoms with Crippen LogP contribution in [-0.4, -0.2) is 50.3 Å². The van der Waals surface area contributed by atoms with E-state index in [9.17, 15) is 4.79 Å². The van der Waals surface area contributed by atoms with E-state index < -0.39 is 0 Å². The molecule has 2 aromatic heterocycles. The highest BCUT2D eigenvalue weighted by Gasteiger charge is 2.24. The molecule has 0 radical (unpaired) electrons. The molecule has 1 aromatic carbocycles. The van der Waals surface area contributed by atoms with Crippen LogP contribution in [0.3, 0.4) is 0 Å². The molecule has 0 aliphatic carbocycles. The minimum atomic E-state index is 0.173. The Labute approximate surface area is 196 Å². The summed E-state index contributed by atoms with van der Waals surface area (Å²) in [5.41, 5.74) is 4.70. The highest BCUT2D eigenvalue weighted by molar-refractivity contribution is 5.76. The first-order valence-electron chi connectivity index (χ1n) is 11.9. The maximum atomic E-state index is 13.2. The first-order chi connectivity index (χ1) is 16.2. The van der Waals surface area contributed by atoms with Crippen LogP contribution in [0.1, 0.15) is 41.6 Å². The molecule has 33 heavy (non-hydrogen) atoms. The number of carbonyl (C=O) groups excluding carboxylic acids is 1. The Bertz CT molecular complexity index is 1000. The summed E-state index contributed by atoms with van der Waals surface area (Å²) in [5, 5.41) is 0. The van der Waals surface area contributed by atoms with Gasteiger partial charge in [-0.3, -0.25) is 24.6 Å². The van der Waals surface area contributed by atoms with Crippen molar-refractivity contribution in [3.63, 3.8) is 0 Å². The van der Waals surface area contributed by atoms with Gasteiger partial charge >= 0.3 is 0 Å². The standard InChI is InChI=1S/C27H33N5O/c1-22-5-2-3-7-25(22)21-31-15-10-23(11-16-31)19-32(20-24-6-4-12-28-17-24)27(33)9-8-26-18-29-13-14-30-26/h2-7,12-14,17-18,23H,8-11,15-16,19-21H2,1H3. The number of piperidine rings is 1. The highest BCUT2D eigenvalue weighted by Crippen LogP contribution is 2.22. The zero-order valence-corrected chi connectivity index (χ0v) is 19.4. The van der Waals surface area contributed by atoms with Crippen molar-refractivity contribution in [1.29, 1.82) is 0 Å². The first-order valence-corrected chi connectivity index (χ1v) is 11.9. The van der Waals surface area contributed by atoms with Crippen molar-refractivity contribution in [1.82, 2.24) is 24.8 Å². The highest BCUT2D eigenvalue weighted by atomic mass is 16.2. The number of hydrogen-bond acceptors (Lipinski definition) is 5. The van der Waals surface area contributed by atoms with E-state index in [1.165, 1.54) is 11.1 Å². The lowest BCUT2D eigenvalue weighted by Gasteiger charge is -2.35. The van der Waals surface area contributed by atoms with Gasteiger partial charge in [0.25, 0.3) is 0 Å². The number of likely N-dealkylation sites (tertiary alicyclic amines) is 1. The van der Waals surface area contributed by atoms with Crippen molar-refractivity contribution in [2.75, 3.05) is 19.6 Å². The van der Waals surface area contributed by atoms with Crippen LogP contribution in [0.2, 0.25) is 0 Å². The molecule has 0 spiro atoms. The van der Waals surface area contributed by atoms with Crippen LogP contribution in [0.15, 0.2) is 67.4 Å². The Morgan fingerprint density at radius 2 is 1.85 bits per heavy atom. The van der Waals surface area contributed by atoms with E-state index in [4.69, 9.17) is 0 Å². The Hall–Kier alpha value is -3.12. The minimum absolute atomic E-state index is 0.173. The lowest BCUT2D eigenvalue weighted by atomic mass is 9.95. The summed E-state index contributed by atoms with van der Waals surface area (Å²) in [5.74, 6) is 0.696. The molecule has 1 amide bonds. The third kappa shape index (κ3) is 6.93. The van der Waals surface area contributed by atoms with Crippen LogP contribution in [0.25, 0.3) is 0 Å². The molecule has 0 bridgehead atoms. The van der Waals surface area contributed by atoms with Crippen LogP contribution in [0.4, 0.5) is 0 Å². The number of carbonyl (C=O) groups is 1. The van der Waals surface area contributed by atoms with Crippen LogP contribution < -0.4 is 0 Å². The maximum Gasteiger partial charge on any atom is 0.223 e. The fraction of sp³-hybridized carbons (Fsp3) is 0.407. The second-order valence-corrected chi connectivity index (χ2v) is 8.98. The summed E-state index contributed by atoms with van der Waals surface area (Å²) >= 11 is 0. The largest absolute Gasteiger partial charge is 0.338 e. The predicted octanol–water partition coefficient (Wildman–Crippen LogP) is 4.05. The molecule has 0 atom stereocenters. The van der Waals surface area contributed by atoms with Crippen LogP contribution >= 0.6 is 0 Å². The average molecular weight is 444 g/mol. The van der Waals surface area contributed by atoms with Gasteiger partial charge in [0.1, 0.15) is 0 Å². The molecule has 6 nitrogen and oxygen atoms in total. The van der Waals surface area contributed by atoms with Crippen molar-refractivity contribution in [3.8, 4) is 0 Å². The SMILES string of the molecule is Cc1ccccc1CN1CCC(CN(Cc2cccnc2)C(=O)CCc2cnccn2)CC1. The average Bonchev–Trinajstić information content (AvgIpc) is 2.86. The molecule has 1 aliphatic rings. The third-order valence-electron chi connectivity index (χ3n) is 6.50. The molecule has 6 heteroatoms. The normalized spacial score (nSPS) is 14.8. The van der Waals surface area contributed by atoms with Crippen molar-refractivity contribution < 1.29 is 4.79 Å². The molecule has 0 saturated carbocycles. The zero-order valence-electron chi connectivity index (χ0n) is 19.4. The summed E-state index contributed by atoms with van der Waals surface area (Å²) in [6.45, 7) is 6.75. The van der Waals surface area contributed by atoms with E-state index in [0.717, 1.165) is 50.3 Å². The molecule has 0 N–H and O–H groups in total. The molecule has 1 aliphatic heterocycles. The molecule has 0 unspecified atom stereocenters. The number of rotatable bonds is 9. The molecule has 3 aromatic rings. The number of aromatic nitrogens is 3. The number of amides is 1. The van der Waals surface area contributed by atoms with Gasteiger partial charge in [-0.2, -0.15) is 0 Å². The van der Waals surface area contributed by atoms with Crippen LogP contribution in [0.5, 0.6) is 0 Å². The van der Waals surface area contributed by atoms with Crippen molar-refractivity contribution in [3.05, 3.63) is 89.8 Å². The Morgan fingerprint density at radius 1 is 1.03 bits per heavy atom. The summed E-state index contributed by atoms with van der Waals surface area (Å²) in [6.07, 6.45) is 12.0. The zero-order chi connectivity index (χ0) is 22.9. The van der Waals surface area contributed by atoms with Gasteiger partial charge in [0.05, 0.1) is 5.69 Å². The molecule has 172 valence electrons. The molecule has 1 fully saturated rings. The number of hydrogen-bond donors (Lipinski definition) is 0. The van der Waals surface area contributed by atoms with Gasteiger partial charge in [-0.05, 0) is 68.0 Å². The maximum absolute atomic E-state index is 13.2. The van der Waals surface area contributed by atoms with Gasteiger partial charge in [-0.25, -0.2) is 0 Å². The summed E-state index contributed by atoms with van der Waals surface area (Å²) in [4.78, 5) is 30.4. The van der Waals surface area contributed by atoms with Crippen LogP contribution in [0, 0.1) is 12.8 Å². The fourth-order valence-electron chi connectivity index (χ4n) is 4.49. The summed E-state index contributed by atoms with van der Waals surface area (Å²) in [6, 6.07) is 12.6. The summed E-state index contributed by atoms with van der Waals surface area (Å²) in [7, 11) is 0. The minimum Gasteiger partial charge on any atom is -0.338 e. The van der Waals surface area contributed by atoms with E-state index in [1.54, 1.807) is 24.8 Å². The van der Waals surface area contributed by atoms with Gasteiger partial charge in [0, 0.05) is 57.0 Å². The van der Waals surface area contributed by atoms with Crippen molar-refractivity contribution in [2.24, 2.45) is 5.92 Å². The quantitative estimate of drug-likeness (QED) is 0.499. The monoisotopic (exact) mass is 443 g/mol. The predicted molar refractivity (Wildman–Crippen MR) is 129 cm³/mol. The van der Waals surface area contributed by atoms with E-state index in [2.05, 4.69) is 51.0 Å². The third-order valence-corrected chi connectivity index (χ3v) is 6.50. The van der Waals surface area contributed by atoms with E-state index in [0.29, 0.717) is 25.3 Å². The fourth-order valence-corrected chi connectivity index (χ4v) is 4.49. The van der Waals surface area contributed by atoms with Crippen LogP contribution in [-0.2, 0) is 24.3 Å². The second-order valence-electron chi connectivity index (χ2n) is 8.98.